The van der Waals surface area contributed by atoms with Gasteiger partial charge in [-0.05, 0) is 26.7 Å². The van der Waals surface area contributed by atoms with Crippen molar-refractivity contribution in [1.29, 1.82) is 0 Å². The third-order valence-corrected chi connectivity index (χ3v) is 1.62. The lowest BCUT2D eigenvalue weighted by Gasteiger charge is -2.03. The lowest BCUT2D eigenvalue weighted by Crippen LogP contribution is -2.12. The molecule has 1 radical (unpaired) electrons. The molecule has 0 atom stereocenters. The first-order valence-corrected chi connectivity index (χ1v) is 5.20. The van der Waals surface area contributed by atoms with Crippen LogP contribution < -0.4 is 5.32 Å². The predicted molar refractivity (Wildman–Crippen MR) is 54.1 cm³/mol. The third kappa shape index (κ3) is 11.9. The Morgan fingerprint density at radius 3 is 1.69 bits per heavy atom. The van der Waals surface area contributed by atoms with Crippen molar-refractivity contribution >= 4 is 0 Å². The lowest BCUT2D eigenvalue weighted by atomic mass is 10.4. The molecular formula is C10H22NO2. The van der Waals surface area contributed by atoms with Crippen LogP contribution in [0, 0.1) is 0 Å². The van der Waals surface area contributed by atoms with Gasteiger partial charge in [-0.3, -0.25) is 0 Å². The molecule has 0 aromatic carbocycles. The summed E-state index contributed by atoms with van der Waals surface area (Å²) in [6.45, 7) is 9.17. The molecule has 0 saturated carbocycles. The Morgan fingerprint density at radius 2 is 1.31 bits per heavy atom. The minimum absolute atomic E-state index is 0.810. The van der Waals surface area contributed by atoms with Crippen molar-refractivity contribution in [3.8, 4) is 0 Å². The van der Waals surface area contributed by atoms with E-state index in [-0.39, 0.29) is 0 Å². The first-order chi connectivity index (χ1) is 6.41. The molecule has 0 aromatic rings. The monoisotopic (exact) mass is 188 g/mol. The second kappa shape index (κ2) is 11.9. The first kappa shape index (κ1) is 12.9. The molecule has 3 heteroatoms. The summed E-state index contributed by atoms with van der Waals surface area (Å²) in [7, 11) is 0. The Labute approximate surface area is 81.8 Å². The van der Waals surface area contributed by atoms with Crippen molar-refractivity contribution in [3.05, 3.63) is 0 Å². The standard InChI is InChI=1S/C10H22NO2/c1-3-12-9-5-7-11-8-6-10-13-4-2/h3-10H2,1-2H3. The van der Waals surface area contributed by atoms with E-state index in [0.29, 0.717) is 0 Å². The molecule has 0 rings (SSSR count). The Bertz CT molecular complexity index is 79.0. The molecule has 0 fully saturated rings. The SMILES string of the molecule is CCOCCC[N]CCCOCC. The largest absolute Gasteiger partial charge is 0.382 e. The molecular weight excluding hydrogens is 166 g/mol. The summed E-state index contributed by atoms with van der Waals surface area (Å²) in [5.41, 5.74) is 0. The Balaban J connectivity index is 2.76. The van der Waals surface area contributed by atoms with Crippen LogP contribution in [0.15, 0.2) is 0 Å². The fourth-order valence-electron chi connectivity index (χ4n) is 0.957. The van der Waals surface area contributed by atoms with Crippen LogP contribution in [0.4, 0.5) is 0 Å². The van der Waals surface area contributed by atoms with Gasteiger partial charge in [0.25, 0.3) is 0 Å². The van der Waals surface area contributed by atoms with Crippen LogP contribution in [0.5, 0.6) is 0 Å². The average molecular weight is 188 g/mol. The van der Waals surface area contributed by atoms with E-state index in [1.807, 2.05) is 13.8 Å². The summed E-state index contributed by atoms with van der Waals surface area (Å²) in [6, 6.07) is 0. The van der Waals surface area contributed by atoms with E-state index in [2.05, 4.69) is 5.32 Å². The van der Waals surface area contributed by atoms with Gasteiger partial charge in [-0.2, -0.15) is 0 Å². The summed E-state index contributed by atoms with van der Waals surface area (Å²) in [5.74, 6) is 0. The van der Waals surface area contributed by atoms with Gasteiger partial charge in [-0.1, -0.05) is 0 Å². The second-order valence-electron chi connectivity index (χ2n) is 2.77. The summed E-state index contributed by atoms with van der Waals surface area (Å²) in [6.07, 6.45) is 2.09. The molecule has 0 saturated heterocycles. The van der Waals surface area contributed by atoms with Gasteiger partial charge >= 0.3 is 0 Å². The number of ether oxygens (including phenoxy) is 2. The number of hydrogen-bond donors (Lipinski definition) is 0. The van der Waals surface area contributed by atoms with Crippen molar-refractivity contribution in [2.45, 2.75) is 26.7 Å². The quantitative estimate of drug-likeness (QED) is 0.486. The molecule has 13 heavy (non-hydrogen) atoms. The Hall–Kier alpha value is -0.120. The number of hydrogen-bond acceptors (Lipinski definition) is 2. The van der Waals surface area contributed by atoms with E-state index in [1.54, 1.807) is 0 Å². The predicted octanol–water partition coefficient (Wildman–Crippen LogP) is 1.44. The summed E-state index contributed by atoms with van der Waals surface area (Å²) >= 11 is 0. The molecule has 0 unspecified atom stereocenters. The minimum atomic E-state index is 0.810. The van der Waals surface area contributed by atoms with Gasteiger partial charge < -0.3 is 9.47 Å². The van der Waals surface area contributed by atoms with Crippen LogP contribution in [0.3, 0.4) is 0 Å². The highest BCUT2D eigenvalue weighted by molar-refractivity contribution is 4.46. The third-order valence-electron chi connectivity index (χ3n) is 1.62. The molecule has 0 amide bonds. The first-order valence-electron chi connectivity index (χ1n) is 5.20. The van der Waals surface area contributed by atoms with Gasteiger partial charge in [0.1, 0.15) is 0 Å². The molecule has 0 bridgehead atoms. The second-order valence-corrected chi connectivity index (χ2v) is 2.77. The topological polar surface area (TPSA) is 32.6 Å². The van der Waals surface area contributed by atoms with Crippen molar-refractivity contribution < 1.29 is 9.47 Å². The molecule has 0 aliphatic carbocycles. The van der Waals surface area contributed by atoms with E-state index < -0.39 is 0 Å². The fourth-order valence-corrected chi connectivity index (χ4v) is 0.957. The molecule has 0 N–H and O–H groups in total. The van der Waals surface area contributed by atoms with Crippen LogP contribution >= 0.6 is 0 Å². The van der Waals surface area contributed by atoms with Crippen molar-refractivity contribution in [1.82, 2.24) is 5.32 Å². The summed E-state index contributed by atoms with van der Waals surface area (Å²) in [4.78, 5) is 0. The van der Waals surface area contributed by atoms with Crippen molar-refractivity contribution in [2.75, 3.05) is 39.5 Å². The zero-order chi connectivity index (χ0) is 9.78. The molecule has 0 aromatic heterocycles. The maximum absolute atomic E-state index is 5.19. The molecule has 79 valence electrons. The smallest absolute Gasteiger partial charge is 0.0478 e. The van der Waals surface area contributed by atoms with Gasteiger partial charge in [0.2, 0.25) is 0 Å². The van der Waals surface area contributed by atoms with Crippen LogP contribution in [-0.2, 0) is 9.47 Å². The van der Waals surface area contributed by atoms with Gasteiger partial charge in [0.05, 0.1) is 0 Å². The summed E-state index contributed by atoms with van der Waals surface area (Å²) in [5, 5.41) is 4.35. The van der Waals surface area contributed by atoms with E-state index in [1.165, 1.54) is 0 Å². The molecule has 0 spiro atoms. The number of nitrogens with zero attached hydrogens (tertiary/aromatic N) is 1. The van der Waals surface area contributed by atoms with Crippen LogP contribution in [-0.4, -0.2) is 39.5 Å². The summed E-state index contributed by atoms with van der Waals surface area (Å²) < 4.78 is 10.4. The van der Waals surface area contributed by atoms with Gasteiger partial charge in [0.15, 0.2) is 0 Å². The van der Waals surface area contributed by atoms with Gasteiger partial charge in [0, 0.05) is 39.5 Å². The average Bonchev–Trinajstić information content (AvgIpc) is 2.16. The zero-order valence-electron chi connectivity index (χ0n) is 8.92. The zero-order valence-corrected chi connectivity index (χ0v) is 8.92. The van der Waals surface area contributed by atoms with Crippen LogP contribution in [0.25, 0.3) is 0 Å². The Kier molecular flexibility index (Phi) is 11.8. The molecule has 0 aliphatic rings. The minimum Gasteiger partial charge on any atom is -0.382 e. The normalized spacial score (nSPS) is 10.6. The fraction of sp³-hybridized carbons (Fsp3) is 1.00. The molecule has 0 heterocycles. The highest BCUT2D eigenvalue weighted by Crippen LogP contribution is 1.84. The highest BCUT2D eigenvalue weighted by Gasteiger charge is 1.90. The molecule has 0 aliphatic heterocycles. The van der Waals surface area contributed by atoms with E-state index >= 15 is 0 Å². The van der Waals surface area contributed by atoms with E-state index in [4.69, 9.17) is 9.47 Å². The Morgan fingerprint density at radius 1 is 0.846 bits per heavy atom. The number of rotatable bonds is 10. The van der Waals surface area contributed by atoms with Crippen LogP contribution in [0.1, 0.15) is 26.7 Å². The van der Waals surface area contributed by atoms with E-state index in [0.717, 1.165) is 52.4 Å². The van der Waals surface area contributed by atoms with Crippen molar-refractivity contribution in [3.63, 3.8) is 0 Å². The van der Waals surface area contributed by atoms with Crippen molar-refractivity contribution in [2.24, 2.45) is 0 Å². The lowest BCUT2D eigenvalue weighted by molar-refractivity contribution is 0.139. The van der Waals surface area contributed by atoms with Gasteiger partial charge in [-0.15, -0.1) is 0 Å². The van der Waals surface area contributed by atoms with Crippen LogP contribution in [0.2, 0.25) is 0 Å². The maximum atomic E-state index is 5.19. The van der Waals surface area contributed by atoms with Gasteiger partial charge in [-0.25, -0.2) is 5.32 Å². The highest BCUT2D eigenvalue weighted by atomic mass is 16.5. The maximum Gasteiger partial charge on any atom is 0.0478 e. The van der Waals surface area contributed by atoms with E-state index in [9.17, 15) is 0 Å². The molecule has 3 nitrogen and oxygen atoms in total.